The third kappa shape index (κ3) is 5.54. The summed E-state index contributed by atoms with van der Waals surface area (Å²) in [7, 11) is 0. The van der Waals surface area contributed by atoms with Crippen LogP contribution < -0.4 is 5.32 Å². The van der Waals surface area contributed by atoms with E-state index in [-0.39, 0.29) is 30.8 Å². The van der Waals surface area contributed by atoms with E-state index in [0.717, 1.165) is 5.56 Å². The van der Waals surface area contributed by atoms with E-state index in [1.54, 1.807) is 0 Å². The van der Waals surface area contributed by atoms with Crippen molar-refractivity contribution in [1.82, 2.24) is 5.32 Å². The van der Waals surface area contributed by atoms with E-state index < -0.39 is 5.97 Å². The summed E-state index contributed by atoms with van der Waals surface area (Å²) < 4.78 is 17.7. The first kappa shape index (κ1) is 16.7. The lowest BCUT2D eigenvalue weighted by Crippen LogP contribution is -2.31. The highest BCUT2D eigenvalue weighted by Gasteiger charge is 2.12. The van der Waals surface area contributed by atoms with Crippen molar-refractivity contribution in [3.8, 4) is 0 Å². The van der Waals surface area contributed by atoms with E-state index in [2.05, 4.69) is 5.32 Å². The van der Waals surface area contributed by atoms with Crippen molar-refractivity contribution >= 4 is 11.9 Å². The fourth-order valence-corrected chi connectivity index (χ4v) is 2.07. The number of hydrogen-bond acceptors (Lipinski definition) is 3. The van der Waals surface area contributed by atoms with E-state index in [0.29, 0.717) is 5.56 Å². The van der Waals surface area contributed by atoms with Crippen LogP contribution in [0, 0.1) is 5.82 Å². The molecular weight excluding hydrogens is 297 g/mol. The van der Waals surface area contributed by atoms with Gasteiger partial charge in [-0.1, -0.05) is 42.5 Å². The number of carbonyl (C=O) groups excluding carboxylic acids is 2. The van der Waals surface area contributed by atoms with Crippen molar-refractivity contribution in [2.75, 3.05) is 6.61 Å². The molecule has 0 heterocycles. The molecule has 1 N–H and O–H groups in total. The molecule has 2 aromatic rings. The number of hydrogen-bond donors (Lipinski definition) is 1. The van der Waals surface area contributed by atoms with Crippen LogP contribution in [0.1, 0.15) is 24.1 Å². The molecule has 0 aliphatic carbocycles. The normalized spacial score (nSPS) is 11.6. The molecule has 0 spiro atoms. The number of rotatable bonds is 6. The lowest BCUT2D eigenvalue weighted by Gasteiger charge is -2.14. The van der Waals surface area contributed by atoms with E-state index in [1.165, 1.54) is 24.3 Å². The molecule has 2 rings (SSSR count). The first-order valence-corrected chi connectivity index (χ1v) is 7.29. The third-order valence-electron chi connectivity index (χ3n) is 3.30. The maximum absolute atomic E-state index is 12.8. The van der Waals surface area contributed by atoms with E-state index in [1.807, 2.05) is 37.3 Å². The highest BCUT2D eigenvalue weighted by atomic mass is 19.1. The van der Waals surface area contributed by atoms with Gasteiger partial charge >= 0.3 is 5.97 Å². The second-order valence-electron chi connectivity index (χ2n) is 5.16. The van der Waals surface area contributed by atoms with Crippen LogP contribution in [0.25, 0.3) is 0 Å². The molecule has 2 aromatic carbocycles. The van der Waals surface area contributed by atoms with Crippen molar-refractivity contribution in [2.45, 2.75) is 19.4 Å². The first-order chi connectivity index (χ1) is 11.0. The van der Waals surface area contributed by atoms with Gasteiger partial charge in [0.05, 0.1) is 12.5 Å². The Labute approximate surface area is 134 Å². The van der Waals surface area contributed by atoms with Crippen LogP contribution in [-0.4, -0.2) is 18.5 Å². The zero-order valence-electron chi connectivity index (χ0n) is 12.8. The Morgan fingerprint density at radius 1 is 1.09 bits per heavy atom. The average molecular weight is 315 g/mol. The van der Waals surface area contributed by atoms with Gasteiger partial charge in [-0.15, -0.1) is 0 Å². The number of amides is 1. The standard InChI is InChI=1S/C18H18FNO3/c1-13(15-5-3-2-4-6-15)20-17(21)12-23-18(22)11-14-7-9-16(19)10-8-14/h2-10,13H,11-12H2,1H3,(H,20,21)/t13-/m1/s1. The smallest absolute Gasteiger partial charge is 0.310 e. The van der Waals surface area contributed by atoms with Crippen LogP contribution >= 0.6 is 0 Å². The maximum Gasteiger partial charge on any atom is 0.310 e. The highest BCUT2D eigenvalue weighted by Crippen LogP contribution is 2.10. The Balaban J connectivity index is 1.75. The second-order valence-corrected chi connectivity index (χ2v) is 5.16. The molecule has 0 aromatic heterocycles. The van der Waals surface area contributed by atoms with E-state index in [9.17, 15) is 14.0 Å². The van der Waals surface area contributed by atoms with Gasteiger partial charge in [0.1, 0.15) is 5.82 Å². The molecule has 0 saturated heterocycles. The maximum atomic E-state index is 12.8. The summed E-state index contributed by atoms with van der Waals surface area (Å²) in [6, 6.07) is 14.9. The molecule has 0 saturated carbocycles. The Kier molecular flexibility index (Phi) is 5.86. The summed E-state index contributed by atoms with van der Waals surface area (Å²) in [4.78, 5) is 23.5. The molecule has 1 amide bonds. The number of carbonyl (C=O) groups is 2. The monoisotopic (exact) mass is 315 g/mol. The highest BCUT2D eigenvalue weighted by molar-refractivity contribution is 5.81. The van der Waals surface area contributed by atoms with Crippen LogP contribution in [0.4, 0.5) is 4.39 Å². The molecule has 23 heavy (non-hydrogen) atoms. The summed E-state index contributed by atoms with van der Waals surface area (Å²) in [5.41, 5.74) is 1.60. The van der Waals surface area contributed by atoms with Gasteiger partial charge < -0.3 is 10.1 Å². The van der Waals surface area contributed by atoms with Crippen molar-refractivity contribution in [1.29, 1.82) is 0 Å². The number of nitrogens with one attached hydrogen (secondary N) is 1. The van der Waals surface area contributed by atoms with Crippen molar-refractivity contribution < 1.29 is 18.7 Å². The Bertz CT molecular complexity index is 656. The predicted molar refractivity (Wildman–Crippen MR) is 84.1 cm³/mol. The predicted octanol–water partition coefficient (Wildman–Crippen LogP) is 2.79. The number of ether oxygens (including phenoxy) is 1. The Morgan fingerprint density at radius 3 is 2.39 bits per heavy atom. The van der Waals surface area contributed by atoms with Crippen LogP contribution in [-0.2, 0) is 20.7 Å². The van der Waals surface area contributed by atoms with Gasteiger partial charge in [-0.25, -0.2) is 4.39 Å². The molecular formula is C18H18FNO3. The summed E-state index contributed by atoms with van der Waals surface area (Å²) in [6.07, 6.45) is 0.00178. The zero-order valence-corrected chi connectivity index (χ0v) is 12.8. The lowest BCUT2D eigenvalue weighted by molar-refractivity contribution is -0.148. The summed E-state index contributed by atoms with van der Waals surface area (Å²) >= 11 is 0. The SMILES string of the molecule is C[C@@H](NC(=O)COC(=O)Cc1ccc(F)cc1)c1ccccc1. The van der Waals surface area contributed by atoms with Gasteiger partial charge in [0.25, 0.3) is 5.91 Å². The van der Waals surface area contributed by atoms with Crippen molar-refractivity contribution in [2.24, 2.45) is 0 Å². The molecule has 0 unspecified atom stereocenters. The molecule has 120 valence electrons. The van der Waals surface area contributed by atoms with Gasteiger partial charge in [-0.3, -0.25) is 9.59 Å². The van der Waals surface area contributed by atoms with Crippen molar-refractivity contribution in [3.63, 3.8) is 0 Å². The Morgan fingerprint density at radius 2 is 1.74 bits per heavy atom. The topological polar surface area (TPSA) is 55.4 Å². The van der Waals surface area contributed by atoms with Gasteiger partial charge in [0.2, 0.25) is 0 Å². The number of esters is 1. The third-order valence-corrected chi connectivity index (χ3v) is 3.30. The molecule has 4 nitrogen and oxygen atoms in total. The average Bonchev–Trinajstić information content (AvgIpc) is 2.56. The summed E-state index contributed by atoms with van der Waals surface area (Å²) in [5, 5.41) is 2.76. The minimum Gasteiger partial charge on any atom is -0.455 e. The zero-order chi connectivity index (χ0) is 16.7. The number of benzene rings is 2. The molecule has 0 aliphatic heterocycles. The fraction of sp³-hybridized carbons (Fsp3) is 0.222. The molecule has 0 fully saturated rings. The van der Waals surface area contributed by atoms with Gasteiger partial charge in [0.15, 0.2) is 6.61 Å². The largest absolute Gasteiger partial charge is 0.455 e. The molecule has 5 heteroatoms. The van der Waals surface area contributed by atoms with E-state index >= 15 is 0 Å². The second kappa shape index (κ2) is 8.08. The molecule has 0 radical (unpaired) electrons. The van der Waals surface area contributed by atoms with Gasteiger partial charge in [-0.05, 0) is 30.2 Å². The van der Waals surface area contributed by atoms with Gasteiger partial charge in [0, 0.05) is 0 Å². The molecule has 0 bridgehead atoms. The fourth-order valence-electron chi connectivity index (χ4n) is 2.07. The number of halogens is 1. The minimum atomic E-state index is -0.529. The minimum absolute atomic E-state index is 0.00178. The summed E-state index contributed by atoms with van der Waals surface area (Å²) in [6.45, 7) is 1.52. The molecule has 0 aliphatic rings. The van der Waals surface area contributed by atoms with Crippen LogP contribution in [0.5, 0.6) is 0 Å². The lowest BCUT2D eigenvalue weighted by atomic mass is 10.1. The molecule has 1 atom stereocenters. The van der Waals surface area contributed by atoms with Crippen LogP contribution in [0.3, 0.4) is 0 Å². The first-order valence-electron chi connectivity index (χ1n) is 7.29. The van der Waals surface area contributed by atoms with Gasteiger partial charge in [-0.2, -0.15) is 0 Å². The van der Waals surface area contributed by atoms with E-state index in [4.69, 9.17) is 4.74 Å². The summed E-state index contributed by atoms with van der Waals surface area (Å²) in [5.74, 6) is -1.26. The Hall–Kier alpha value is -2.69. The quantitative estimate of drug-likeness (QED) is 0.834. The van der Waals surface area contributed by atoms with Crippen LogP contribution in [0.15, 0.2) is 54.6 Å². The van der Waals surface area contributed by atoms with Crippen LogP contribution in [0.2, 0.25) is 0 Å². The van der Waals surface area contributed by atoms with Crippen molar-refractivity contribution in [3.05, 3.63) is 71.5 Å².